The van der Waals surface area contributed by atoms with Crippen LogP contribution in [0.1, 0.15) is 18.4 Å². The lowest BCUT2D eigenvalue weighted by molar-refractivity contribution is -0.115. The van der Waals surface area contributed by atoms with Crippen LogP contribution in [0.4, 0.5) is 11.4 Å². The molecule has 0 unspecified atom stereocenters. The Morgan fingerprint density at radius 1 is 1.08 bits per heavy atom. The molecule has 2 aromatic rings. The number of rotatable bonds is 5. The fourth-order valence-corrected chi connectivity index (χ4v) is 3.21. The van der Waals surface area contributed by atoms with Gasteiger partial charge in [-0.1, -0.05) is 24.3 Å². The van der Waals surface area contributed by atoms with Gasteiger partial charge in [-0.15, -0.1) is 0 Å². The number of aliphatic hydroxyl groups excluding tert-OH is 1. The van der Waals surface area contributed by atoms with E-state index < -0.39 is 0 Å². The van der Waals surface area contributed by atoms with Gasteiger partial charge in [-0.25, -0.2) is 0 Å². The summed E-state index contributed by atoms with van der Waals surface area (Å²) in [6.45, 7) is 2.02. The summed E-state index contributed by atoms with van der Waals surface area (Å²) < 4.78 is 0. The highest BCUT2D eigenvalue weighted by atomic mass is 16.3. The van der Waals surface area contributed by atoms with Crippen LogP contribution in [0.5, 0.6) is 5.75 Å². The Kier molecular flexibility index (Phi) is 5.56. The molecule has 0 spiro atoms. The number of aromatic hydroxyl groups is 1. The smallest absolute Gasteiger partial charge is 0.228 e. The van der Waals surface area contributed by atoms with Gasteiger partial charge >= 0.3 is 0 Å². The van der Waals surface area contributed by atoms with Crippen molar-refractivity contribution in [3.8, 4) is 5.75 Å². The molecule has 1 aliphatic heterocycles. The highest BCUT2D eigenvalue weighted by molar-refractivity contribution is 5.95. The molecule has 1 saturated heterocycles. The van der Waals surface area contributed by atoms with Crippen molar-refractivity contribution < 1.29 is 15.0 Å². The first-order valence-corrected chi connectivity index (χ1v) is 8.68. The second-order valence-electron chi connectivity index (χ2n) is 6.52. The van der Waals surface area contributed by atoms with Gasteiger partial charge in [-0.2, -0.15) is 0 Å². The fraction of sp³-hybridized carbons (Fsp3) is 0.350. The van der Waals surface area contributed by atoms with Crippen LogP contribution >= 0.6 is 0 Å². The molecule has 2 aromatic carbocycles. The summed E-state index contributed by atoms with van der Waals surface area (Å²) in [6.07, 6.45) is 2.19. The molecule has 3 N–H and O–H groups in total. The summed E-state index contributed by atoms with van der Waals surface area (Å²) in [5, 5.41) is 21.6. The number of hydrogen-bond acceptors (Lipinski definition) is 4. The lowest BCUT2D eigenvalue weighted by Gasteiger charge is -2.34. The summed E-state index contributed by atoms with van der Waals surface area (Å²) >= 11 is 0. The molecule has 1 heterocycles. The van der Waals surface area contributed by atoms with Crippen LogP contribution in [0.2, 0.25) is 0 Å². The number of para-hydroxylation sites is 2. The first kappa shape index (κ1) is 17.3. The van der Waals surface area contributed by atoms with E-state index in [0.717, 1.165) is 42.9 Å². The summed E-state index contributed by atoms with van der Waals surface area (Å²) in [7, 11) is 0. The van der Waals surface area contributed by atoms with E-state index in [9.17, 15) is 15.0 Å². The Balaban J connectivity index is 1.66. The molecule has 25 heavy (non-hydrogen) atoms. The van der Waals surface area contributed by atoms with E-state index in [-0.39, 0.29) is 24.7 Å². The predicted octanol–water partition coefficient (Wildman–Crippen LogP) is 2.78. The maximum absolute atomic E-state index is 12.4. The number of hydrogen-bond donors (Lipinski definition) is 3. The molecule has 0 aliphatic carbocycles. The van der Waals surface area contributed by atoms with E-state index in [1.165, 1.54) is 0 Å². The third-order valence-corrected chi connectivity index (χ3v) is 4.69. The average molecular weight is 340 g/mol. The van der Waals surface area contributed by atoms with Gasteiger partial charge in [-0.05, 0) is 48.6 Å². The average Bonchev–Trinajstić information content (AvgIpc) is 2.64. The van der Waals surface area contributed by atoms with Crippen molar-refractivity contribution in [2.75, 3.05) is 29.9 Å². The van der Waals surface area contributed by atoms with Crippen molar-refractivity contribution in [3.63, 3.8) is 0 Å². The molecule has 0 atom stereocenters. The molecule has 1 amide bonds. The monoisotopic (exact) mass is 340 g/mol. The maximum atomic E-state index is 12.4. The van der Waals surface area contributed by atoms with Crippen molar-refractivity contribution in [2.45, 2.75) is 19.3 Å². The number of carbonyl (C=O) groups excluding carboxylic acids is 1. The lowest BCUT2D eigenvalue weighted by atomic mass is 9.97. The number of phenols is 1. The summed E-state index contributed by atoms with van der Waals surface area (Å²) in [6, 6.07) is 14.5. The number of aliphatic hydroxyl groups is 1. The minimum absolute atomic E-state index is 0.0802. The Morgan fingerprint density at radius 2 is 1.76 bits per heavy atom. The zero-order valence-electron chi connectivity index (χ0n) is 14.2. The molecular weight excluding hydrogens is 316 g/mol. The molecule has 0 saturated carbocycles. The minimum atomic E-state index is -0.0802. The number of nitrogens with zero attached hydrogens (tertiary/aromatic N) is 1. The van der Waals surface area contributed by atoms with Gasteiger partial charge in [0, 0.05) is 19.7 Å². The van der Waals surface area contributed by atoms with Crippen LogP contribution in [0.25, 0.3) is 0 Å². The van der Waals surface area contributed by atoms with E-state index in [4.69, 9.17) is 0 Å². The van der Waals surface area contributed by atoms with Crippen LogP contribution in [0.15, 0.2) is 48.5 Å². The second kappa shape index (κ2) is 8.03. The van der Waals surface area contributed by atoms with Crippen LogP contribution in [-0.4, -0.2) is 35.8 Å². The molecule has 3 rings (SSSR count). The van der Waals surface area contributed by atoms with E-state index in [1.54, 1.807) is 24.3 Å². The molecule has 0 bridgehead atoms. The number of phenolic OH excluding ortho intramolecular Hbond substituents is 1. The molecule has 1 fully saturated rings. The first-order valence-electron chi connectivity index (χ1n) is 8.68. The van der Waals surface area contributed by atoms with Crippen LogP contribution < -0.4 is 10.2 Å². The largest absolute Gasteiger partial charge is 0.508 e. The van der Waals surface area contributed by atoms with Gasteiger partial charge in [0.05, 0.1) is 17.8 Å². The zero-order valence-corrected chi connectivity index (χ0v) is 14.2. The lowest BCUT2D eigenvalue weighted by Crippen LogP contribution is -2.35. The van der Waals surface area contributed by atoms with Crippen molar-refractivity contribution in [1.29, 1.82) is 0 Å². The summed E-state index contributed by atoms with van der Waals surface area (Å²) in [5.41, 5.74) is 2.70. The highest BCUT2D eigenvalue weighted by Gasteiger charge is 2.20. The van der Waals surface area contributed by atoms with Crippen molar-refractivity contribution in [2.24, 2.45) is 5.92 Å². The quantitative estimate of drug-likeness (QED) is 0.783. The van der Waals surface area contributed by atoms with Gasteiger partial charge in [0.15, 0.2) is 0 Å². The molecule has 132 valence electrons. The Morgan fingerprint density at radius 3 is 2.44 bits per heavy atom. The van der Waals surface area contributed by atoms with Gasteiger partial charge in [0.25, 0.3) is 0 Å². The second-order valence-corrected chi connectivity index (χ2v) is 6.52. The van der Waals surface area contributed by atoms with Gasteiger partial charge in [0.2, 0.25) is 5.91 Å². The zero-order chi connectivity index (χ0) is 17.6. The highest BCUT2D eigenvalue weighted by Crippen LogP contribution is 2.29. The van der Waals surface area contributed by atoms with Crippen LogP contribution in [0.3, 0.4) is 0 Å². The first-order chi connectivity index (χ1) is 12.2. The summed E-state index contributed by atoms with van der Waals surface area (Å²) in [5.74, 6) is 0.497. The van der Waals surface area contributed by atoms with Crippen LogP contribution in [0, 0.1) is 5.92 Å². The van der Waals surface area contributed by atoms with E-state index in [0.29, 0.717) is 5.92 Å². The van der Waals surface area contributed by atoms with E-state index >= 15 is 0 Å². The fourth-order valence-electron chi connectivity index (χ4n) is 3.21. The maximum Gasteiger partial charge on any atom is 0.228 e. The Labute approximate surface area is 147 Å². The van der Waals surface area contributed by atoms with Crippen molar-refractivity contribution >= 4 is 17.3 Å². The van der Waals surface area contributed by atoms with Gasteiger partial charge in [-0.3, -0.25) is 4.79 Å². The number of benzene rings is 2. The van der Waals surface area contributed by atoms with Crippen LogP contribution in [-0.2, 0) is 11.2 Å². The topological polar surface area (TPSA) is 72.8 Å². The Hall–Kier alpha value is -2.53. The number of piperidine rings is 1. The molecule has 5 heteroatoms. The van der Waals surface area contributed by atoms with E-state index in [2.05, 4.69) is 10.2 Å². The SMILES string of the molecule is O=C(Cc1ccc(O)cc1)Nc1ccccc1N1CCC(CO)CC1. The third-order valence-electron chi connectivity index (χ3n) is 4.69. The molecular formula is C20H24N2O3. The van der Waals surface area contributed by atoms with Crippen molar-refractivity contribution in [1.82, 2.24) is 0 Å². The minimum Gasteiger partial charge on any atom is -0.508 e. The molecule has 0 radical (unpaired) electrons. The predicted molar refractivity (Wildman–Crippen MR) is 98.9 cm³/mol. The Bertz CT molecular complexity index is 707. The molecule has 5 nitrogen and oxygen atoms in total. The number of anilines is 2. The third kappa shape index (κ3) is 4.51. The molecule has 0 aromatic heterocycles. The number of amides is 1. The van der Waals surface area contributed by atoms with Gasteiger partial charge < -0.3 is 20.4 Å². The number of nitrogens with one attached hydrogen (secondary N) is 1. The number of carbonyl (C=O) groups is 1. The van der Waals surface area contributed by atoms with Crippen molar-refractivity contribution in [3.05, 3.63) is 54.1 Å². The normalized spacial score (nSPS) is 15.2. The molecule has 1 aliphatic rings. The standard InChI is InChI=1S/C20H24N2O3/c23-14-16-9-11-22(12-10-16)19-4-2-1-3-18(19)21-20(25)13-15-5-7-17(24)8-6-15/h1-8,16,23-24H,9-14H2,(H,21,25). The van der Waals surface area contributed by atoms with Gasteiger partial charge in [0.1, 0.15) is 5.75 Å². The van der Waals surface area contributed by atoms with E-state index in [1.807, 2.05) is 24.3 Å². The summed E-state index contributed by atoms with van der Waals surface area (Å²) in [4.78, 5) is 14.6.